The Kier molecular flexibility index (Phi) is 2.92. The molecule has 2 atom stereocenters. The second kappa shape index (κ2) is 3.97. The van der Waals surface area contributed by atoms with Crippen molar-refractivity contribution < 1.29 is 0 Å². The second-order valence-electron chi connectivity index (χ2n) is 4.25. The Morgan fingerprint density at radius 2 is 1.83 bits per heavy atom. The van der Waals surface area contributed by atoms with Crippen LogP contribution >= 0.6 is 11.6 Å². The zero-order valence-corrected chi connectivity index (χ0v) is 8.39. The Morgan fingerprint density at radius 1 is 1.17 bits per heavy atom. The Labute approximate surface area is 80.1 Å². The third kappa shape index (κ3) is 1.77. The van der Waals surface area contributed by atoms with Gasteiger partial charge in [0, 0.05) is 19.0 Å². The summed E-state index contributed by atoms with van der Waals surface area (Å²) >= 11 is 5.67. The van der Waals surface area contributed by atoms with Crippen LogP contribution in [0, 0.1) is 11.8 Å². The van der Waals surface area contributed by atoms with Crippen molar-refractivity contribution in [3.8, 4) is 0 Å². The summed E-state index contributed by atoms with van der Waals surface area (Å²) in [6.45, 7) is 3.96. The lowest BCUT2D eigenvalue weighted by Gasteiger charge is -2.15. The summed E-state index contributed by atoms with van der Waals surface area (Å²) < 4.78 is 0. The first-order chi connectivity index (χ1) is 5.90. The third-order valence-electron chi connectivity index (χ3n) is 3.41. The molecule has 0 amide bonds. The fourth-order valence-electron chi connectivity index (χ4n) is 2.80. The highest BCUT2D eigenvalue weighted by molar-refractivity contribution is 6.17. The van der Waals surface area contributed by atoms with Crippen molar-refractivity contribution in [1.29, 1.82) is 0 Å². The molecule has 0 bridgehead atoms. The zero-order valence-electron chi connectivity index (χ0n) is 7.64. The van der Waals surface area contributed by atoms with Gasteiger partial charge in [0.15, 0.2) is 0 Å². The molecule has 70 valence electrons. The van der Waals surface area contributed by atoms with Gasteiger partial charge in [-0.15, -0.1) is 11.6 Å². The standard InChI is InChI=1S/C10H18ClN/c11-5-2-6-12-7-9-3-1-4-10(9)8-12/h9-10H,1-8H2. The van der Waals surface area contributed by atoms with E-state index >= 15 is 0 Å². The van der Waals surface area contributed by atoms with Crippen LogP contribution in [-0.2, 0) is 0 Å². The molecule has 1 aliphatic carbocycles. The topological polar surface area (TPSA) is 3.24 Å². The number of hydrogen-bond donors (Lipinski definition) is 0. The van der Waals surface area contributed by atoms with E-state index in [2.05, 4.69) is 4.90 Å². The van der Waals surface area contributed by atoms with Gasteiger partial charge in [0.2, 0.25) is 0 Å². The second-order valence-corrected chi connectivity index (χ2v) is 4.63. The van der Waals surface area contributed by atoms with E-state index in [1.54, 1.807) is 0 Å². The van der Waals surface area contributed by atoms with Gasteiger partial charge >= 0.3 is 0 Å². The van der Waals surface area contributed by atoms with Crippen LogP contribution in [0.5, 0.6) is 0 Å². The molecule has 0 aromatic heterocycles. The highest BCUT2D eigenvalue weighted by Gasteiger charge is 2.35. The van der Waals surface area contributed by atoms with E-state index in [4.69, 9.17) is 11.6 Å². The lowest BCUT2D eigenvalue weighted by atomic mass is 10.0. The van der Waals surface area contributed by atoms with Crippen molar-refractivity contribution in [3.05, 3.63) is 0 Å². The molecular weight excluding hydrogens is 170 g/mol. The van der Waals surface area contributed by atoms with Crippen molar-refractivity contribution in [3.63, 3.8) is 0 Å². The molecule has 0 N–H and O–H groups in total. The number of alkyl halides is 1. The number of likely N-dealkylation sites (tertiary alicyclic amines) is 1. The summed E-state index contributed by atoms with van der Waals surface area (Å²) in [5.41, 5.74) is 0. The molecule has 2 heteroatoms. The Hall–Kier alpha value is 0.250. The van der Waals surface area contributed by atoms with E-state index in [0.717, 1.165) is 17.7 Å². The van der Waals surface area contributed by atoms with Crippen LogP contribution in [0.4, 0.5) is 0 Å². The van der Waals surface area contributed by atoms with E-state index in [0.29, 0.717) is 0 Å². The average Bonchev–Trinajstić information content (AvgIpc) is 2.58. The first-order valence-electron chi connectivity index (χ1n) is 5.18. The van der Waals surface area contributed by atoms with Gasteiger partial charge in [-0.25, -0.2) is 0 Å². The van der Waals surface area contributed by atoms with Crippen molar-refractivity contribution in [1.82, 2.24) is 4.90 Å². The number of nitrogens with zero attached hydrogens (tertiary/aromatic N) is 1. The normalized spacial score (nSPS) is 35.8. The average molecular weight is 188 g/mol. The fraction of sp³-hybridized carbons (Fsp3) is 1.00. The van der Waals surface area contributed by atoms with Crippen LogP contribution in [-0.4, -0.2) is 30.4 Å². The Morgan fingerprint density at radius 3 is 2.42 bits per heavy atom. The minimum atomic E-state index is 0.825. The highest BCUT2D eigenvalue weighted by atomic mass is 35.5. The number of fused-ring (bicyclic) bond motifs is 1. The maximum Gasteiger partial charge on any atom is 0.0235 e. The van der Waals surface area contributed by atoms with Gasteiger partial charge in [-0.1, -0.05) is 6.42 Å². The van der Waals surface area contributed by atoms with Gasteiger partial charge in [0.05, 0.1) is 0 Å². The molecule has 0 aromatic rings. The summed E-state index contributed by atoms with van der Waals surface area (Å²) in [4.78, 5) is 2.61. The largest absolute Gasteiger partial charge is 0.303 e. The molecular formula is C10H18ClN. The summed E-state index contributed by atoms with van der Waals surface area (Å²) in [7, 11) is 0. The maximum atomic E-state index is 5.67. The van der Waals surface area contributed by atoms with E-state index in [1.165, 1.54) is 45.3 Å². The van der Waals surface area contributed by atoms with Gasteiger partial charge in [-0.3, -0.25) is 0 Å². The molecule has 1 nitrogen and oxygen atoms in total. The molecule has 1 saturated carbocycles. The van der Waals surface area contributed by atoms with Crippen LogP contribution in [0.25, 0.3) is 0 Å². The number of hydrogen-bond acceptors (Lipinski definition) is 1. The molecule has 12 heavy (non-hydrogen) atoms. The van der Waals surface area contributed by atoms with E-state index in [9.17, 15) is 0 Å². The lowest BCUT2D eigenvalue weighted by molar-refractivity contribution is 0.312. The first kappa shape index (κ1) is 8.83. The molecule has 1 saturated heterocycles. The molecule has 1 heterocycles. The predicted molar refractivity (Wildman–Crippen MR) is 52.6 cm³/mol. The van der Waals surface area contributed by atoms with Gasteiger partial charge < -0.3 is 4.90 Å². The van der Waals surface area contributed by atoms with Crippen LogP contribution in [0.2, 0.25) is 0 Å². The van der Waals surface area contributed by atoms with Crippen molar-refractivity contribution in [2.75, 3.05) is 25.5 Å². The van der Waals surface area contributed by atoms with Crippen molar-refractivity contribution >= 4 is 11.6 Å². The molecule has 2 fully saturated rings. The number of halogens is 1. The third-order valence-corrected chi connectivity index (χ3v) is 3.68. The summed E-state index contributed by atoms with van der Waals surface area (Å²) in [6.07, 6.45) is 5.63. The molecule has 0 aromatic carbocycles. The fourth-order valence-corrected chi connectivity index (χ4v) is 2.92. The van der Waals surface area contributed by atoms with Crippen LogP contribution in [0.15, 0.2) is 0 Å². The molecule has 0 radical (unpaired) electrons. The smallest absolute Gasteiger partial charge is 0.0235 e. The molecule has 2 aliphatic rings. The van der Waals surface area contributed by atoms with Crippen LogP contribution < -0.4 is 0 Å². The van der Waals surface area contributed by atoms with Gasteiger partial charge in [0.25, 0.3) is 0 Å². The lowest BCUT2D eigenvalue weighted by Crippen LogP contribution is -2.23. The predicted octanol–water partition coefficient (Wildman–Crippen LogP) is 2.35. The summed E-state index contributed by atoms with van der Waals surface area (Å²) in [5, 5.41) is 0. The molecule has 1 aliphatic heterocycles. The minimum absolute atomic E-state index is 0.825. The van der Waals surface area contributed by atoms with Gasteiger partial charge in [-0.05, 0) is 37.6 Å². The van der Waals surface area contributed by atoms with Gasteiger partial charge in [-0.2, -0.15) is 0 Å². The quantitative estimate of drug-likeness (QED) is 0.614. The first-order valence-corrected chi connectivity index (χ1v) is 5.72. The molecule has 2 rings (SSSR count). The minimum Gasteiger partial charge on any atom is -0.303 e. The van der Waals surface area contributed by atoms with Gasteiger partial charge in [0.1, 0.15) is 0 Å². The molecule has 0 spiro atoms. The van der Waals surface area contributed by atoms with Crippen LogP contribution in [0.1, 0.15) is 25.7 Å². The number of rotatable bonds is 3. The summed E-state index contributed by atoms with van der Waals surface area (Å²) in [6, 6.07) is 0. The maximum absolute atomic E-state index is 5.67. The van der Waals surface area contributed by atoms with E-state index in [1.807, 2.05) is 0 Å². The van der Waals surface area contributed by atoms with E-state index in [-0.39, 0.29) is 0 Å². The van der Waals surface area contributed by atoms with Crippen LogP contribution in [0.3, 0.4) is 0 Å². The zero-order chi connectivity index (χ0) is 8.39. The SMILES string of the molecule is ClCCCN1CC2CCCC2C1. The van der Waals surface area contributed by atoms with Crippen molar-refractivity contribution in [2.45, 2.75) is 25.7 Å². The Balaban J connectivity index is 1.75. The summed E-state index contributed by atoms with van der Waals surface area (Å²) in [5.74, 6) is 2.91. The Bertz CT molecular complexity index is 137. The molecule has 2 unspecified atom stereocenters. The van der Waals surface area contributed by atoms with Crippen molar-refractivity contribution in [2.24, 2.45) is 11.8 Å². The monoisotopic (exact) mass is 187 g/mol. The van der Waals surface area contributed by atoms with E-state index < -0.39 is 0 Å². The highest BCUT2D eigenvalue weighted by Crippen LogP contribution is 2.37.